The molecular formula is C2CuF6O5S2. The molecule has 0 aliphatic heterocycles. The van der Waals surface area contributed by atoms with Crippen molar-refractivity contribution in [3.63, 3.8) is 0 Å². The number of rotatable bonds is 2. The van der Waals surface area contributed by atoms with Crippen LogP contribution in [0.15, 0.2) is 0 Å². The number of alkyl halides is 6. The average Bonchev–Trinajstić information content (AvgIpc) is 1.77. The van der Waals surface area contributed by atoms with Gasteiger partial charge in [-0.05, 0) is 0 Å². The third-order valence-corrected chi connectivity index (χ3v) is 3.31. The maximum absolute atomic E-state index is 11.4. The fraction of sp³-hybridized carbons (Fsp3) is 1.00. The van der Waals surface area contributed by atoms with Gasteiger partial charge in [0.15, 0.2) is 0 Å². The zero-order valence-electron chi connectivity index (χ0n) is 6.43. The molecule has 0 aliphatic rings. The summed E-state index contributed by atoms with van der Waals surface area (Å²) >= 11 is 0. The first-order chi connectivity index (χ1) is 6.21. The van der Waals surface area contributed by atoms with E-state index < -0.39 is 31.3 Å². The van der Waals surface area contributed by atoms with Crippen molar-refractivity contribution in [3.05, 3.63) is 0 Å². The summed E-state index contributed by atoms with van der Waals surface area (Å²) in [6.07, 6.45) is 0. The second-order valence-electron chi connectivity index (χ2n) is 1.87. The topological polar surface area (TPSA) is 77.5 Å². The fourth-order valence-corrected chi connectivity index (χ4v) is 1.76. The monoisotopic (exact) mass is 345 g/mol. The molecule has 0 spiro atoms. The van der Waals surface area contributed by atoms with Gasteiger partial charge < -0.3 is 0 Å². The molecule has 0 N–H and O–H groups in total. The quantitative estimate of drug-likeness (QED) is 0.418. The summed E-state index contributed by atoms with van der Waals surface area (Å²) in [5.74, 6) is 0. The Morgan fingerprint density at radius 3 is 1.00 bits per heavy atom. The van der Waals surface area contributed by atoms with Gasteiger partial charge in [-0.2, -0.15) is 43.2 Å². The zero-order chi connectivity index (χ0) is 12.7. The van der Waals surface area contributed by atoms with Crippen molar-refractivity contribution >= 4 is 20.2 Å². The predicted molar refractivity (Wildman–Crippen MR) is 31.0 cm³/mol. The molecule has 0 unspecified atom stereocenters. The van der Waals surface area contributed by atoms with E-state index >= 15 is 0 Å². The summed E-state index contributed by atoms with van der Waals surface area (Å²) in [5, 5.41) is 0. The van der Waals surface area contributed by atoms with Gasteiger partial charge in [0.05, 0.1) is 0 Å². The smallest absolute Gasteiger partial charge is 0.188 e. The molecule has 0 saturated carbocycles. The van der Waals surface area contributed by atoms with Crippen LogP contribution in [0.25, 0.3) is 0 Å². The number of hydrogen-bond donors (Lipinski definition) is 0. The van der Waals surface area contributed by atoms with Gasteiger partial charge in [-0.1, -0.05) is 0 Å². The van der Waals surface area contributed by atoms with E-state index in [9.17, 15) is 43.2 Å². The van der Waals surface area contributed by atoms with E-state index in [0.29, 0.717) is 0 Å². The van der Waals surface area contributed by atoms with Gasteiger partial charge in [0.25, 0.3) is 0 Å². The third-order valence-electron chi connectivity index (χ3n) is 0.746. The molecule has 0 saturated heterocycles. The van der Waals surface area contributed by atoms with Crippen LogP contribution in [-0.2, 0) is 40.9 Å². The van der Waals surface area contributed by atoms with E-state index in [-0.39, 0.29) is 17.1 Å². The van der Waals surface area contributed by atoms with Gasteiger partial charge in [0.1, 0.15) is 0 Å². The first-order valence-corrected chi connectivity index (χ1v) is 5.36. The minimum absolute atomic E-state index is 0. The molecule has 0 atom stereocenters. The minimum Gasteiger partial charge on any atom is -0.188 e. The predicted octanol–water partition coefficient (Wildman–Crippen LogP) is 0.700. The molecule has 0 rings (SSSR count). The van der Waals surface area contributed by atoms with Crippen LogP contribution in [0.1, 0.15) is 0 Å². The first-order valence-electron chi connectivity index (χ1n) is 2.54. The normalized spacial score (nSPS) is 14.4. The summed E-state index contributed by atoms with van der Waals surface area (Å²) in [6, 6.07) is 0. The average molecular weight is 346 g/mol. The van der Waals surface area contributed by atoms with Gasteiger partial charge in [0, 0.05) is 17.1 Å². The molecule has 0 aliphatic carbocycles. The van der Waals surface area contributed by atoms with Gasteiger partial charge in [-0.3, -0.25) is 0 Å². The zero-order valence-corrected chi connectivity index (χ0v) is 9.00. The maximum atomic E-state index is 11.4. The van der Waals surface area contributed by atoms with E-state index in [1.54, 1.807) is 0 Å². The van der Waals surface area contributed by atoms with Gasteiger partial charge in [-0.15, -0.1) is 3.63 Å². The molecule has 0 aromatic rings. The minimum atomic E-state index is -6.85. The Labute approximate surface area is 95.5 Å². The SMILES string of the molecule is O=S(=O)(OS(=O)(=O)C(F)(F)F)C(F)(F)F.[Cu]. The molecule has 0 aromatic carbocycles. The van der Waals surface area contributed by atoms with Gasteiger partial charge >= 0.3 is 31.3 Å². The molecule has 5 nitrogen and oxygen atoms in total. The van der Waals surface area contributed by atoms with Crippen molar-refractivity contribution in [3.8, 4) is 0 Å². The van der Waals surface area contributed by atoms with E-state index in [1.807, 2.05) is 3.63 Å². The second-order valence-corrected chi connectivity index (χ2v) is 5.15. The molecule has 0 amide bonds. The summed E-state index contributed by atoms with van der Waals surface area (Å²) < 4.78 is 110. The molecule has 0 bridgehead atoms. The van der Waals surface area contributed by atoms with Gasteiger partial charge in [-0.25, -0.2) is 0 Å². The van der Waals surface area contributed by atoms with Crippen molar-refractivity contribution in [1.82, 2.24) is 0 Å². The largest absolute Gasteiger partial charge is 0.524 e. The van der Waals surface area contributed by atoms with Crippen molar-refractivity contribution < 1.29 is 63.9 Å². The Kier molecular flexibility index (Phi) is 5.36. The van der Waals surface area contributed by atoms with Crippen LogP contribution in [0.4, 0.5) is 26.3 Å². The van der Waals surface area contributed by atoms with Crippen LogP contribution in [0, 0.1) is 0 Å². The Morgan fingerprint density at radius 1 is 0.688 bits per heavy atom. The molecule has 103 valence electrons. The van der Waals surface area contributed by atoms with E-state index in [2.05, 4.69) is 0 Å². The van der Waals surface area contributed by atoms with Crippen LogP contribution in [0.3, 0.4) is 0 Å². The van der Waals surface area contributed by atoms with Crippen LogP contribution < -0.4 is 0 Å². The van der Waals surface area contributed by atoms with Crippen LogP contribution in [0.2, 0.25) is 0 Å². The number of hydrogen-bond acceptors (Lipinski definition) is 5. The van der Waals surface area contributed by atoms with E-state index in [1.165, 1.54) is 0 Å². The third kappa shape index (κ3) is 4.08. The summed E-state index contributed by atoms with van der Waals surface area (Å²) in [4.78, 5) is 0. The Bertz CT molecular complexity index is 387. The van der Waals surface area contributed by atoms with Crippen LogP contribution in [-0.4, -0.2) is 27.9 Å². The van der Waals surface area contributed by atoms with Crippen molar-refractivity contribution in [2.45, 2.75) is 11.0 Å². The summed E-state index contributed by atoms with van der Waals surface area (Å²) in [5.41, 5.74) is -12.5. The summed E-state index contributed by atoms with van der Waals surface area (Å²) in [6.45, 7) is 0. The molecule has 16 heavy (non-hydrogen) atoms. The molecule has 0 aromatic heterocycles. The van der Waals surface area contributed by atoms with Crippen LogP contribution >= 0.6 is 0 Å². The van der Waals surface area contributed by atoms with Crippen molar-refractivity contribution in [1.29, 1.82) is 0 Å². The maximum Gasteiger partial charge on any atom is 0.524 e. The van der Waals surface area contributed by atoms with Crippen molar-refractivity contribution in [2.75, 3.05) is 0 Å². The Morgan fingerprint density at radius 2 is 0.875 bits per heavy atom. The fourth-order valence-electron chi connectivity index (χ4n) is 0.195. The Balaban J connectivity index is 0. The first kappa shape index (κ1) is 18.3. The second kappa shape index (κ2) is 4.68. The van der Waals surface area contributed by atoms with E-state index in [4.69, 9.17) is 0 Å². The van der Waals surface area contributed by atoms with Gasteiger partial charge in [0.2, 0.25) is 0 Å². The standard InChI is InChI=1S/C2F6O5S2.Cu/c3-1(4,5)14(9,10)13-15(11,12)2(6,7)8;. The molecule has 1 radical (unpaired) electrons. The molecular weight excluding hydrogens is 346 g/mol. The molecule has 14 heteroatoms. The summed E-state index contributed by atoms with van der Waals surface area (Å²) in [7, 11) is -13.7. The number of halogens is 6. The molecule has 0 fully saturated rings. The van der Waals surface area contributed by atoms with Crippen LogP contribution in [0.5, 0.6) is 0 Å². The Hall–Kier alpha value is -0.0405. The van der Waals surface area contributed by atoms with E-state index in [0.717, 1.165) is 0 Å². The molecule has 0 heterocycles. The van der Waals surface area contributed by atoms with Crippen molar-refractivity contribution in [2.24, 2.45) is 0 Å².